The molecule has 0 aliphatic carbocycles. The Morgan fingerprint density at radius 1 is 1.33 bits per heavy atom. The number of carbonyl (C=O) groups is 1. The monoisotopic (exact) mass is 283 g/mol. The van der Waals surface area contributed by atoms with Gasteiger partial charge in [0, 0.05) is 32.5 Å². The average molecular weight is 283 g/mol. The molecule has 0 radical (unpaired) electrons. The summed E-state index contributed by atoms with van der Waals surface area (Å²) in [6, 6.07) is 9.41. The van der Waals surface area contributed by atoms with Crippen molar-refractivity contribution >= 4 is 11.6 Å². The smallest absolute Gasteiger partial charge is 0.257 e. The molecule has 1 aliphatic heterocycles. The standard InChI is InChI=1S/C16H17N3O2/c1-19(11-12-5-7-17-8-6-12)16(20)13-3-2-4-14-15(13)21-10-9-18-14/h2-8,18H,9-11H2,1H3. The number of carbonyl (C=O) groups excluding carboxylic acids is 1. The van der Waals surface area contributed by atoms with Gasteiger partial charge in [-0.05, 0) is 29.8 Å². The number of anilines is 1. The van der Waals surface area contributed by atoms with Crippen LogP contribution >= 0.6 is 0 Å². The molecule has 1 aliphatic rings. The zero-order valence-corrected chi connectivity index (χ0v) is 11.9. The number of aromatic nitrogens is 1. The summed E-state index contributed by atoms with van der Waals surface area (Å²) in [7, 11) is 1.79. The number of nitrogens with zero attached hydrogens (tertiary/aromatic N) is 2. The molecule has 0 spiro atoms. The van der Waals surface area contributed by atoms with Crippen LogP contribution in [0, 0.1) is 0 Å². The maximum absolute atomic E-state index is 12.6. The molecule has 0 saturated heterocycles. The third-order valence-electron chi connectivity index (χ3n) is 3.43. The van der Waals surface area contributed by atoms with Crippen molar-refractivity contribution < 1.29 is 9.53 Å². The van der Waals surface area contributed by atoms with Gasteiger partial charge in [0.15, 0.2) is 5.75 Å². The first-order valence-corrected chi connectivity index (χ1v) is 6.90. The van der Waals surface area contributed by atoms with Crippen LogP contribution in [0.5, 0.6) is 5.75 Å². The summed E-state index contributed by atoms with van der Waals surface area (Å²) in [5, 5.41) is 3.24. The van der Waals surface area contributed by atoms with Crippen molar-refractivity contribution in [2.75, 3.05) is 25.5 Å². The minimum atomic E-state index is -0.0487. The van der Waals surface area contributed by atoms with Crippen LogP contribution in [0.4, 0.5) is 5.69 Å². The lowest BCUT2D eigenvalue weighted by atomic mass is 10.1. The highest BCUT2D eigenvalue weighted by Crippen LogP contribution is 2.32. The lowest BCUT2D eigenvalue weighted by molar-refractivity contribution is 0.0780. The predicted molar refractivity (Wildman–Crippen MR) is 80.5 cm³/mol. The number of fused-ring (bicyclic) bond motifs is 1. The largest absolute Gasteiger partial charge is 0.489 e. The van der Waals surface area contributed by atoms with Crippen LogP contribution in [0.2, 0.25) is 0 Å². The molecule has 0 fully saturated rings. The van der Waals surface area contributed by atoms with Gasteiger partial charge in [-0.15, -0.1) is 0 Å². The Morgan fingerprint density at radius 2 is 2.14 bits per heavy atom. The van der Waals surface area contributed by atoms with E-state index in [0.29, 0.717) is 24.5 Å². The fraction of sp³-hybridized carbons (Fsp3) is 0.250. The molecule has 2 heterocycles. The van der Waals surface area contributed by atoms with Gasteiger partial charge in [-0.3, -0.25) is 9.78 Å². The first-order valence-electron chi connectivity index (χ1n) is 6.90. The van der Waals surface area contributed by atoms with E-state index in [1.54, 1.807) is 30.4 Å². The second-order valence-corrected chi connectivity index (χ2v) is 4.97. The van der Waals surface area contributed by atoms with E-state index in [1.165, 1.54) is 0 Å². The van der Waals surface area contributed by atoms with Gasteiger partial charge in [0.05, 0.1) is 11.3 Å². The number of amides is 1. The molecule has 1 amide bonds. The fourth-order valence-corrected chi connectivity index (χ4v) is 2.38. The summed E-state index contributed by atoms with van der Waals surface area (Å²) in [5.74, 6) is 0.600. The van der Waals surface area contributed by atoms with Gasteiger partial charge in [0.2, 0.25) is 0 Å². The van der Waals surface area contributed by atoms with E-state index in [4.69, 9.17) is 4.74 Å². The first kappa shape index (κ1) is 13.4. The summed E-state index contributed by atoms with van der Waals surface area (Å²) >= 11 is 0. The van der Waals surface area contributed by atoms with Crippen LogP contribution in [0.3, 0.4) is 0 Å². The molecule has 1 N–H and O–H groups in total. The van der Waals surface area contributed by atoms with Crippen molar-refractivity contribution in [3.63, 3.8) is 0 Å². The average Bonchev–Trinajstić information content (AvgIpc) is 2.54. The van der Waals surface area contributed by atoms with E-state index in [1.807, 2.05) is 24.3 Å². The maximum Gasteiger partial charge on any atom is 0.257 e. The summed E-state index contributed by atoms with van der Waals surface area (Å²) in [6.45, 7) is 1.88. The number of nitrogens with one attached hydrogen (secondary N) is 1. The van der Waals surface area contributed by atoms with Crippen molar-refractivity contribution in [3.8, 4) is 5.75 Å². The second kappa shape index (κ2) is 5.83. The van der Waals surface area contributed by atoms with Crippen molar-refractivity contribution in [2.24, 2.45) is 0 Å². The molecule has 0 bridgehead atoms. The molecule has 0 unspecified atom stereocenters. The van der Waals surface area contributed by atoms with Crippen molar-refractivity contribution in [2.45, 2.75) is 6.54 Å². The Balaban J connectivity index is 1.82. The topological polar surface area (TPSA) is 54.5 Å². The number of pyridine rings is 1. The Hall–Kier alpha value is -2.56. The molecule has 1 aromatic heterocycles. The third-order valence-corrected chi connectivity index (χ3v) is 3.43. The Bertz CT molecular complexity index is 643. The SMILES string of the molecule is CN(Cc1ccncc1)C(=O)c1cccc2c1OCCN2. The summed E-state index contributed by atoms with van der Waals surface area (Å²) in [5.41, 5.74) is 2.52. The normalized spacial score (nSPS) is 12.8. The quantitative estimate of drug-likeness (QED) is 0.938. The Morgan fingerprint density at radius 3 is 2.95 bits per heavy atom. The van der Waals surface area contributed by atoms with Crippen LogP contribution in [-0.4, -0.2) is 36.0 Å². The minimum absolute atomic E-state index is 0.0487. The van der Waals surface area contributed by atoms with Gasteiger partial charge in [-0.25, -0.2) is 0 Å². The van der Waals surface area contributed by atoms with Gasteiger partial charge >= 0.3 is 0 Å². The van der Waals surface area contributed by atoms with Crippen molar-refractivity contribution in [3.05, 3.63) is 53.9 Å². The van der Waals surface area contributed by atoms with E-state index in [9.17, 15) is 4.79 Å². The zero-order valence-electron chi connectivity index (χ0n) is 11.9. The fourth-order valence-electron chi connectivity index (χ4n) is 2.38. The molecule has 3 rings (SSSR count). The highest BCUT2D eigenvalue weighted by atomic mass is 16.5. The lowest BCUT2D eigenvalue weighted by Gasteiger charge is -2.24. The van der Waals surface area contributed by atoms with E-state index >= 15 is 0 Å². The van der Waals surface area contributed by atoms with Crippen LogP contribution in [0.1, 0.15) is 15.9 Å². The maximum atomic E-state index is 12.6. The lowest BCUT2D eigenvalue weighted by Crippen LogP contribution is -2.28. The van der Waals surface area contributed by atoms with E-state index in [0.717, 1.165) is 17.8 Å². The number of para-hydroxylation sites is 1. The highest BCUT2D eigenvalue weighted by molar-refractivity contribution is 5.98. The second-order valence-electron chi connectivity index (χ2n) is 4.97. The zero-order chi connectivity index (χ0) is 14.7. The van der Waals surface area contributed by atoms with Gasteiger partial charge in [0.25, 0.3) is 5.91 Å². The summed E-state index contributed by atoms with van der Waals surface area (Å²) in [4.78, 5) is 18.3. The number of ether oxygens (including phenoxy) is 1. The predicted octanol–water partition coefficient (Wildman–Crippen LogP) is 2.16. The molecular formula is C16H17N3O2. The molecule has 5 nitrogen and oxygen atoms in total. The van der Waals surface area contributed by atoms with E-state index in [-0.39, 0.29) is 5.91 Å². The summed E-state index contributed by atoms with van der Waals surface area (Å²) in [6.07, 6.45) is 3.45. The minimum Gasteiger partial charge on any atom is -0.489 e. The van der Waals surface area contributed by atoms with Crippen molar-refractivity contribution in [1.29, 1.82) is 0 Å². The molecule has 108 valence electrons. The van der Waals surface area contributed by atoms with E-state index in [2.05, 4.69) is 10.3 Å². The Labute approximate surface area is 123 Å². The van der Waals surface area contributed by atoms with Crippen LogP contribution in [-0.2, 0) is 6.54 Å². The molecular weight excluding hydrogens is 266 g/mol. The Kier molecular flexibility index (Phi) is 3.73. The van der Waals surface area contributed by atoms with Gasteiger partial charge in [-0.2, -0.15) is 0 Å². The van der Waals surface area contributed by atoms with Gasteiger partial charge in [-0.1, -0.05) is 6.07 Å². The first-order chi connectivity index (χ1) is 10.3. The molecule has 21 heavy (non-hydrogen) atoms. The van der Waals surface area contributed by atoms with E-state index < -0.39 is 0 Å². The highest BCUT2D eigenvalue weighted by Gasteiger charge is 2.21. The third kappa shape index (κ3) is 2.81. The van der Waals surface area contributed by atoms with Gasteiger partial charge < -0.3 is 15.0 Å². The number of hydrogen-bond acceptors (Lipinski definition) is 4. The van der Waals surface area contributed by atoms with Crippen LogP contribution < -0.4 is 10.1 Å². The van der Waals surface area contributed by atoms with Crippen LogP contribution in [0.15, 0.2) is 42.7 Å². The number of benzene rings is 1. The molecule has 1 aromatic carbocycles. The number of hydrogen-bond donors (Lipinski definition) is 1. The molecule has 0 saturated carbocycles. The summed E-state index contributed by atoms with van der Waals surface area (Å²) < 4.78 is 5.66. The molecule has 5 heteroatoms. The molecule has 0 atom stereocenters. The van der Waals surface area contributed by atoms with Gasteiger partial charge in [0.1, 0.15) is 6.61 Å². The van der Waals surface area contributed by atoms with Crippen molar-refractivity contribution in [1.82, 2.24) is 9.88 Å². The number of rotatable bonds is 3. The molecule has 2 aromatic rings. The van der Waals surface area contributed by atoms with Crippen LogP contribution in [0.25, 0.3) is 0 Å².